The molecule has 0 aromatic rings. The Labute approximate surface area is 476 Å². The van der Waals surface area contributed by atoms with Crippen LogP contribution >= 0.6 is 0 Å². The quantitative estimate of drug-likeness (QED) is 0.0420. The molecule has 2 atom stereocenters. The number of aliphatic hydroxyl groups is 2. The third-order valence-electron chi connectivity index (χ3n) is 15.7. The first-order valence-corrected chi connectivity index (χ1v) is 34.2. The van der Waals surface area contributed by atoms with E-state index < -0.39 is 12.1 Å². The van der Waals surface area contributed by atoms with Crippen LogP contribution in [0.3, 0.4) is 0 Å². The molecular formula is C72H133NO3. The molecule has 0 aromatic heterocycles. The Kier molecular flexibility index (Phi) is 65.2. The first-order valence-electron chi connectivity index (χ1n) is 34.2. The van der Waals surface area contributed by atoms with Gasteiger partial charge in [-0.3, -0.25) is 4.79 Å². The summed E-state index contributed by atoms with van der Waals surface area (Å²) in [7, 11) is 0. The summed E-state index contributed by atoms with van der Waals surface area (Å²) in [5.74, 6) is -0.0576. The molecule has 0 radical (unpaired) electrons. The molecule has 0 saturated heterocycles. The molecule has 0 aliphatic carbocycles. The van der Waals surface area contributed by atoms with E-state index in [-0.39, 0.29) is 12.5 Å². The highest BCUT2D eigenvalue weighted by Crippen LogP contribution is 2.19. The first-order chi connectivity index (χ1) is 37.7. The van der Waals surface area contributed by atoms with Crippen molar-refractivity contribution in [1.29, 1.82) is 0 Å². The van der Waals surface area contributed by atoms with Gasteiger partial charge in [0.2, 0.25) is 5.91 Å². The number of amides is 1. The monoisotopic (exact) mass is 1060 g/mol. The topological polar surface area (TPSA) is 69.6 Å². The van der Waals surface area contributed by atoms with E-state index in [0.29, 0.717) is 6.42 Å². The zero-order chi connectivity index (χ0) is 54.8. The standard InChI is InChI=1S/C72H133NO3/c1-3-5-7-9-11-13-15-17-19-21-23-25-27-29-30-31-32-33-34-35-36-37-38-39-40-41-42-44-46-48-50-52-54-56-58-60-62-64-66-68-72(76)73-70(69-74)71(75)67-65-63-61-59-57-55-53-51-49-47-45-43-28-26-24-22-20-18-16-14-12-10-8-6-4-2/h5,7,11,13,17,19,23,25,29-30,65,67,70-71,74-75H,3-4,6,8-10,12,14-16,18,20-22,24,26-28,31-64,66,68-69H2,1-2H3,(H,73,76)/b7-5-,13-11-,19-17-,25-23-,30-29-,67-65+. The molecule has 0 rings (SSSR count). The molecule has 0 spiro atoms. The summed E-state index contributed by atoms with van der Waals surface area (Å²) < 4.78 is 0. The summed E-state index contributed by atoms with van der Waals surface area (Å²) in [6.45, 7) is 4.23. The number of rotatable bonds is 63. The normalized spacial score (nSPS) is 13.2. The highest BCUT2D eigenvalue weighted by Gasteiger charge is 2.18. The van der Waals surface area contributed by atoms with Crippen molar-refractivity contribution in [1.82, 2.24) is 5.32 Å². The van der Waals surface area contributed by atoms with Gasteiger partial charge in [0.25, 0.3) is 0 Å². The Morgan fingerprint density at radius 3 is 0.868 bits per heavy atom. The van der Waals surface area contributed by atoms with E-state index in [1.165, 1.54) is 283 Å². The minimum absolute atomic E-state index is 0.0576. The van der Waals surface area contributed by atoms with E-state index in [9.17, 15) is 15.0 Å². The predicted octanol–water partition coefficient (Wildman–Crippen LogP) is 23.3. The molecule has 1 amide bonds. The summed E-state index contributed by atoms with van der Waals surface area (Å²) in [6.07, 6.45) is 97.0. The average Bonchev–Trinajstić information content (AvgIpc) is 3.42. The van der Waals surface area contributed by atoms with Crippen LogP contribution in [0.15, 0.2) is 72.9 Å². The van der Waals surface area contributed by atoms with Gasteiger partial charge in [0.05, 0.1) is 18.8 Å². The Morgan fingerprint density at radius 1 is 0.329 bits per heavy atom. The molecule has 4 nitrogen and oxygen atoms in total. The Morgan fingerprint density at radius 2 is 0.579 bits per heavy atom. The summed E-state index contributed by atoms with van der Waals surface area (Å²) in [4.78, 5) is 12.5. The van der Waals surface area contributed by atoms with Crippen LogP contribution in [0.5, 0.6) is 0 Å². The lowest BCUT2D eigenvalue weighted by Gasteiger charge is -2.20. The van der Waals surface area contributed by atoms with Crippen LogP contribution in [0.4, 0.5) is 0 Å². The third-order valence-corrected chi connectivity index (χ3v) is 15.7. The third kappa shape index (κ3) is 62.7. The lowest BCUT2D eigenvalue weighted by molar-refractivity contribution is -0.123. The van der Waals surface area contributed by atoms with Crippen molar-refractivity contribution in [2.75, 3.05) is 6.61 Å². The maximum atomic E-state index is 12.5. The van der Waals surface area contributed by atoms with Crippen LogP contribution in [0.25, 0.3) is 0 Å². The fraction of sp³-hybridized carbons (Fsp3) is 0.819. The lowest BCUT2D eigenvalue weighted by atomic mass is 10.0. The van der Waals surface area contributed by atoms with Gasteiger partial charge in [-0.2, -0.15) is 0 Å². The summed E-state index contributed by atoms with van der Waals surface area (Å²) in [5, 5.41) is 23.3. The predicted molar refractivity (Wildman–Crippen MR) is 341 cm³/mol. The molecule has 4 heteroatoms. The minimum atomic E-state index is -0.841. The van der Waals surface area contributed by atoms with Gasteiger partial charge in [-0.15, -0.1) is 0 Å². The fourth-order valence-electron chi connectivity index (χ4n) is 10.6. The van der Waals surface area contributed by atoms with Crippen molar-refractivity contribution < 1.29 is 15.0 Å². The largest absolute Gasteiger partial charge is 0.394 e. The average molecular weight is 1060 g/mol. The molecular weight excluding hydrogens is 927 g/mol. The van der Waals surface area contributed by atoms with Gasteiger partial charge in [-0.1, -0.05) is 363 Å². The molecule has 0 aliphatic rings. The maximum absolute atomic E-state index is 12.5. The van der Waals surface area contributed by atoms with E-state index in [1.807, 2.05) is 6.08 Å². The number of hydrogen-bond acceptors (Lipinski definition) is 3. The van der Waals surface area contributed by atoms with Crippen LogP contribution in [0.2, 0.25) is 0 Å². The summed E-state index contributed by atoms with van der Waals surface area (Å²) in [6, 6.07) is -0.624. The lowest BCUT2D eigenvalue weighted by Crippen LogP contribution is -2.45. The molecule has 0 heterocycles. The number of carbonyl (C=O) groups excluding carboxylic acids is 1. The second kappa shape index (κ2) is 67.1. The highest BCUT2D eigenvalue weighted by atomic mass is 16.3. The second-order valence-corrected chi connectivity index (χ2v) is 23.2. The highest BCUT2D eigenvalue weighted by molar-refractivity contribution is 5.76. The van der Waals surface area contributed by atoms with Crippen molar-refractivity contribution in [3.8, 4) is 0 Å². The van der Waals surface area contributed by atoms with Gasteiger partial charge in [-0.25, -0.2) is 0 Å². The van der Waals surface area contributed by atoms with E-state index in [0.717, 1.165) is 57.8 Å². The molecule has 76 heavy (non-hydrogen) atoms. The molecule has 0 aliphatic heterocycles. The maximum Gasteiger partial charge on any atom is 0.220 e. The second-order valence-electron chi connectivity index (χ2n) is 23.2. The number of carbonyl (C=O) groups is 1. The van der Waals surface area contributed by atoms with Crippen molar-refractivity contribution >= 4 is 5.91 Å². The molecule has 0 saturated carbocycles. The number of allylic oxidation sites excluding steroid dienone is 11. The van der Waals surface area contributed by atoms with Crippen molar-refractivity contribution in [3.63, 3.8) is 0 Å². The SMILES string of the molecule is CC/C=C\C/C=C\C/C=C\C/C=C\C/C=C\CCCCCCCCCCCCCCCCCCCCCCCCCC(=O)NC(CO)C(O)/C=C/CCCCCCCCCCCCCCCCCCCCCCCCC. The van der Waals surface area contributed by atoms with Gasteiger partial charge < -0.3 is 15.5 Å². The molecule has 0 fully saturated rings. The number of aliphatic hydroxyl groups excluding tert-OH is 2. The molecule has 444 valence electrons. The fourth-order valence-corrected chi connectivity index (χ4v) is 10.6. The Balaban J connectivity index is 3.43. The van der Waals surface area contributed by atoms with Gasteiger partial charge in [0, 0.05) is 6.42 Å². The van der Waals surface area contributed by atoms with E-state index >= 15 is 0 Å². The van der Waals surface area contributed by atoms with Gasteiger partial charge in [0.1, 0.15) is 0 Å². The summed E-state index contributed by atoms with van der Waals surface area (Å²) >= 11 is 0. The molecule has 2 unspecified atom stereocenters. The zero-order valence-corrected chi connectivity index (χ0v) is 51.3. The van der Waals surface area contributed by atoms with Gasteiger partial charge >= 0.3 is 0 Å². The smallest absolute Gasteiger partial charge is 0.220 e. The van der Waals surface area contributed by atoms with Crippen LogP contribution in [0.1, 0.15) is 361 Å². The van der Waals surface area contributed by atoms with Gasteiger partial charge in [-0.05, 0) is 64.2 Å². The van der Waals surface area contributed by atoms with Crippen molar-refractivity contribution in [2.24, 2.45) is 0 Å². The van der Waals surface area contributed by atoms with E-state index in [1.54, 1.807) is 6.08 Å². The number of hydrogen-bond donors (Lipinski definition) is 3. The van der Waals surface area contributed by atoms with Gasteiger partial charge in [0.15, 0.2) is 0 Å². The zero-order valence-electron chi connectivity index (χ0n) is 51.3. The van der Waals surface area contributed by atoms with Crippen LogP contribution in [-0.2, 0) is 4.79 Å². The Hall–Kier alpha value is -2.17. The first kappa shape index (κ1) is 73.8. The van der Waals surface area contributed by atoms with Crippen molar-refractivity contribution in [3.05, 3.63) is 72.9 Å². The van der Waals surface area contributed by atoms with E-state index in [2.05, 4.69) is 79.9 Å². The van der Waals surface area contributed by atoms with Crippen LogP contribution in [0, 0.1) is 0 Å². The molecule has 0 aromatic carbocycles. The Bertz CT molecular complexity index is 1290. The summed E-state index contributed by atoms with van der Waals surface area (Å²) in [5.41, 5.74) is 0. The van der Waals surface area contributed by atoms with Crippen LogP contribution in [-0.4, -0.2) is 34.9 Å². The van der Waals surface area contributed by atoms with Crippen LogP contribution < -0.4 is 5.32 Å². The molecule has 3 N–H and O–H groups in total. The molecule has 0 bridgehead atoms. The van der Waals surface area contributed by atoms with Crippen molar-refractivity contribution in [2.45, 2.75) is 373 Å². The number of unbranched alkanes of at least 4 members (excludes halogenated alkanes) is 46. The number of nitrogens with one attached hydrogen (secondary N) is 1. The minimum Gasteiger partial charge on any atom is -0.394 e. The van der Waals surface area contributed by atoms with E-state index in [4.69, 9.17) is 0 Å².